The first-order valence-corrected chi connectivity index (χ1v) is 11.0. The van der Waals surface area contributed by atoms with Gasteiger partial charge >= 0.3 is 5.97 Å². The summed E-state index contributed by atoms with van der Waals surface area (Å²) in [5, 5.41) is 13.2. The van der Waals surface area contributed by atoms with Gasteiger partial charge in [-0.25, -0.2) is 14.2 Å². The van der Waals surface area contributed by atoms with Crippen LogP contribution in [0.15, 0.2) is 77.8 Å². The van der Waals surface area contributed by atoms with Gasteiger partial charge in [-0.3, -0.25) is 0 Å². The summed E-state index contributed by atoms with van der Waals surface area (Å²) >= 11 is 6.37. The largest absolute Gasteiger partial charge is 0.478 e. The molecule has 0 atom stereocenters. The van der Waals surface area contributed by atoms with E-state index in [1.54, 1.807) is 36.4 Å². The standard InChI is InChI=1S/C25H24ClFN4O2/c26-22-3-1-2-4-23(22)30-13-15-31(16-14-30)25(28-17-18-5-9-20(27)10-6-18)29-21-11-7-19(8-12-21)24(32)33/h1-12H,13-17H2,(H,28,29)(H,32,33). The lowest BCUT2D eigenvalue weighted by atomic mass is 10.2. The highest BCUT2D eigenvalue weighted by Crippen LogP contribution is 2.26. The number of hydrogen-bond donors (Lipinski definition) is 2. The van der Waals surface area contributed by atoms with Crippen LogP contribution in [0, 0.1) is 5.82 Å². The predicted molar refractivity (Wildman–Crippen MR) is 130 cm³/mol. The van der Waals surface area contributed by atoms with E-state index in [1.165, 1.54) is 12.1 Å². The summed E-state index contributed by atoms with van der Waals surface area (Å²) in [5.41, 5.74) is 2.87. The Hall–Kier alpha value is -3.58. The third kappa shape index (κ3) is 5.81. The average molecular weight is 467 g/mol. The Morgan fingerprint density at radius 3 is 2.27 bits per heavy atom. The molecule has 0 unspecified atom stereocenters. The Morgan fingerprint density at radius 2 is 1.64 bits per heavy atom. The Bertz CT molecular complexity index is 1130. The molecule has 2 N–H and O–H groups in total. The number of benzene rings is 3. The third-order valence-corrected chi connectivity index (χ3v) is 5.80. The second kappa shape index (κ2) is 10.4. The van der Waals surface area contributed by atoms with Gasteiger partial charge in [-0.1, -0.05) is 35.9 Å². The van der Waals surface area contributed by atoms with Crippen molar-refractivity contribution in [3.05, 3.63) is 94.8 Å². The summed E-state index contributed by atoms with van der Waals surface area (Å²) < 4.78 is 13.2. The van der Waals surface area contributed by atoms with Gasteiger partial charge in [-0.05, 0) is 54.1 Å². The maximum absolute atomic E-state index is 13.2. The maximum atomic E-state index is 13.2. The number of aromatic carboxylic acids is 1. The fourth-order valence-electron chi connectivity index (χ4n) is 3.67. The molecule has 0 bridgehead atoms. The number of piperazine rings is 1. The van der Waals surface area contributed by atoms with Gasteiger partial charge in [0, 0.05) is 31.9 Å². The number of para-hydroxylation sites is 1. The number of anilines is 2. The molecule has 1 aliphatic rings. The Morgan fingerprint density at radius 1 is 0.970 bits per heavy atom. The highest BCUT2D eigenvalue weighted by Gasteiger charge is 2.21. The van der Waals surface area contributed by atoms with Gasteiger partial charge < -0.3 is 20.2 Å². The molecule has 1 saturated heterocycles. The van der Waals surface area contributed by atoms with Crippen molar-refractivity contribution in [2.75, 3.05) is 36.4 Å². The van der Waals surface area contributed by atoms with Crippen molar-refractivity contribution in [2.24, 2.45) is 4.99 Å². The molecule has 6 nitrogen and oxygen atoms in total. The highest BCUT2D eigenvalue weighted by atomic mass is 35.5. The second-order valence-corrected chi connectivity index (χ2v) is 8.11. The van der Waals surface area contributed by atoms with E-state index in [0.29, 0.717) is 12.5 Å². The van der Waals surface area contributed by atoms with Crippen molar-refractivity contribution in [3.63, 3.8) is 0 Å². The molecule has 4 rings (SSSR count). The lowest BCUT2D eigenvalue weighted by Crippen LogP contribution is -2.50. The molecule has 0 spiro atoms. The predicted octanol–water partition coefficient (Wildman–Crippen LogP) is 4.97. The Kier molecular flexibility index (Phi) is 7.10. The van der Waals surface area contributed by atoms with Gasteiger partial charge in [0.05, 0.1) is 22.8 Å². The van der Waals surface area contributed by atoms with E-state index < -0.39 is 5.97 Å². The van der Waals surface area contributed by atoms with Crippen molar-refractivity contribution in [3.8, 4) is 0 Å². The number of guanidine groups is 1. The number of hydrogen-bond acceptors (Lipinski definition) is 3. The van der Waals surface area contributed by atoms with Crippen LogP contribution in [0.5, 0.6) is 0 Å². The van der Waals surface area contributed by atoms with Crippen molar-refractivity contribution >= 4 is 34.9 Å². The molecule has 1 fully saturated rings. The van der Waals surface area contributed by atoms with E-state index in [-0.39, 0.29) is 11.4 Å². The van der Waals surface area contributed by atoms with Crippen molar-refractivity contribution in [1.29, 1.82) is 0 Å². The first-order valence-electron chi connectivity index (χ1n) is 10.6. The van der Waals surface area contributed by atoms with Gasteiger partial charge in [0.1, 0.15) is 5.82 Å². The molecule has 0 aliphatic carbocycles. The fraction of sp³-hybridized carbons (Fsp3) is 0.200. The quantitative estimate of drug-likeness (QED) is 0.410. The van der Waals surface area contributed by atoms with Crippen LogP contribution in [0.25, 0.3) is 0 Å². The molecule has 170 valence electrons. The molecule has 0 amide bonds. The van der Waals surface area contributed by atoms with Crippen LogP contribution in [0.3, 0.4) is 0 Å². The van der Waals surface area contributed by atoms with Crippen LogP contribution >= 0.6 is 11.6 Å². The molecule has 33 heavy (non-hydrogen) atoms. The van der Waals surface area contributed by atoms with Crippen LogP contribution in [-0.2, 0) is 6.54 Å². The summed E-state index contributed by atoms with van der Waals surface area (Å²) in [5.74, 6) is -0.570. The lowest BCUT2D eigenvalue weighted by molar-refractivity contribution is 0.0697. The number of rotatable bonds is 5. The Labute approximate surface area is 196 Å². The van der Waals surface area contributed by atoms with Gasteiger partial charge in [0.2, 0.25) is 0 Å². The third-order valence-electron chi connectivity index (χ3n) is 5.48. The van der Waals surface area contributed by atoms with E-state index in [2.05, 4.69) is 15.1 Å². The molecule has 3 aromatic carbocycles. The van der Waals surface area contributed by atoms with E-state index in [4.69, 9.17) is 21.7 Å². The van der Waals surface area contributed by atoms with E-state index in [0.717, 1.165) is 48.1 Å². The van der Waals surface area contributed by atoms with E-state index >= 15 is 0 Å². The SMILES string of the molecule is O=C(O)c1ccc(NC(=NCc2ccc(F)cc2)N2CCN(c3ccccc3Cl)CC2)cc1. The fourth-order valence-corrected chi connectivity index (χ4v) is 3.92. The number of carbonyl (C=O) groups is 1. The smallest absolute Gasteiger partial charge is 0.335 e. The maximum Gasteiger partial charge on any atom is 0.335 e. The molecule has 1 aliphatic heterocycles. The van der Waals surface area contributed by atoms with Crippen LogP contribution in [0.2, 0.25) is 5.02 Å². The number of carboxylic acids is 1. The van der Waals surface area contributed by atoms with Crippen molar-refractivity contribution in [2.45, 2.75) is 6.54 Å². The second-order valence-electron chi connectivity index (χ2n) is 7.70. The number of nitrogens with zero attached hydrogens (tertiary/aromatic N) is 3. The highest BCUT2D eigenvalue weighted by molar-refractivity contribution is 6.33. The van der Waals surface area contributed by atoms with E-state index in [9.17, 15) is 9.18 Å². The van der Waals surface area contributed by atoms with Crippen LogP contribution < -0.4 is 10.2 Å². The van der Waals surface area contributed by atoms with Crippen LogP contribution in [0.1, 0.15) is 15.9 Å². The van der Waals surface area contributed by atoms with Gasteiger partial charge in [-0.15, -0.1) is 0 Å². The number of halogens is 2. The number of nitrogens with one attached hydrogen (secondary N) is 1. The van der Waals surface area contributed by atoms with Crippen molar-refractivity contribution in [1.82, 2.24) is 4.90 Å². The molecular formula is C25H24ClFN4O2. The minimum Gasteiger partial charge on any atom is -0.478 e. The summed E-state index contributed by atoms with van der Waals surface area (Å²) in [4.78, 5) is 20.3. The summed E-state index contributed by atoms with van der Waals surface area (Å²) in [7, 11) is 0. The molecule has 3 aromatic rings. The molecule has 0 aromatic heterocycles. The normalized spacial score (nSPS) is 14.3. The van der Waals surface area contributed by atoms with Gasteiger partial charge in [0.15, 0.2) is 5.96 Å². The number of aliphatic imine (C=N–C) groups is 1. The first-order chi connectivity index (χ1) is 16.0. The first kappa shape index (κ1) is 22.6. The summed E-state index contributed by atoms with van der Waals surface area (Å²) in [6.07, 6.45) is 0. The van der Waals surface area contributed by atoms with Crippen LogP contribution in [0.4, 0.5) is 15.8 Å². The molecule has 1 heterocycles. The minimum atomic E-state index is -0.970. The Balaban J connectivity index is 1.50. The molecular weight excluding hydrogens is 443 g/mol. The van der Waals surface area contributed by atoms with Gasteiger partial charge in [0.25, 0.3) is 0 Å². The zero-order valence-electron chi connectivity index (χ0n) is 17.9. The summed E-state index contributed by atoms with van der Waals surface area (Å²) in [6.45, 7) is 3.40. The van der Waals surface area contributed by atoms with E-state index in [1.807, 2.05) is 24.3 Å². The monoisotopic (exact) mass is 466 g/mol. The molecule has 0 radical (unpaired) electrons. The topological polar surface area (TPSA) is 68.2 Å². The molecule has 0 saturated carbocycles. The lowest BCUT2D eigenvalue weighted by Gasteiger charge is -2.38. The van der Waals surface area contributed by atoms with Gasteiger partial charge in [-0.2, -0.15) is 0 Å². The zero-order valence-corrected chi connectivity index (χ0v) is 18.7. The van der Waals surface area contributed by atoms with Crippen LogP contribution in [-0.4, -0.2) is 48.1 Å². The average Bonchev–Trinajstić information content (AvgIpc) is 2.83. The zero-order chi connectivity index (χ0) is 23.2. The van der Waals surface area contributed by atoms with Crippen molar-refractivity contribution < 1.29 is 14.3 Å². The summed E-state index contributed by atoms with van der Waals surface area (Å²) in [6, 6.07) is 20.6. The minimum absolute atomic E-state index is 0.221. The number of carboxylic acid groups (broad SMARTS) is 1. The molecule has 8 heteroatoms.